The van der Waals surface area contributed by atoms with Crippen LogP contribution in [0.4, 0.5) is 36.3 Å². The van der Waals surface area contributed by atoms with Crippen molar-refractivity contribution in [1.82, 2.24) is 14.9 Å². The number of methoxy groups -OCH3 is 1. The Hall–Kier alpha value is -3.67. The maximum absolute atomic E-state index is 14.1. The van der Waals surface area contributed by atoms with Crippen LogP contribution in [0.1, 0.15) is 64.2 Å². The molecule has 43 heavy (non-hydrogen) atoms. The molecule has 0 spiro atoms. The molecule has 1 saturated carbocycles. The van der Waals surface area contributed by atoms with Crippen LogP contribution in [-0.4, -0.2) is 52.8 Å². The summed E-state index contributed by atoms with van der Waals surface area (Å²) in [6, 6.07) is 8.45. The van der Waals surface area contributed by atoms with Gasteiger partial charge in [-0.2, -0.15) is 18.2 Å². The minimum atomic E-state index is -4.77. The van der Waals surface area contributed by atoms with Gasteiger partial charge in [0.15, 0.2) is 8.03 Å². The normalized spacial score (nSPS) is 19.2. The van der Waals surface area contributed by atoms with Crippen LogP contribution in [0.25, 0.3) is 0 Å². The number of rotatable bonds is 9. The van der Waals surface area contributed by atoms with E-state index in [1.54, 1.807) is 31.3 Å². The lowest BCUT2D eigenvalue weighted by Gasteiger charge is -2.27. The van der Waals surface area contributed by atoms with E-state index in [0.29, 0.717) is 48.1 Å². The summed E-state index contributed by atoms with van der Waals surface area (Å²) in [6.07, 6.45) is -1.55. The van der Waals surface area contributed by atoms with E-state index < -0.39 is 25.6 Å². The Balaban J connectivity index is 1.48. The zero-order chi connectivity index (χ0) is 30.9. The predicted octanol–water partition coefficient (Wildman–Crippen LogP) is 6.22. The number of halogens is 3. The van der Waals surface area contributed by atoms with E-state index >= 15 is 0 Å². The van der Waals surface area contributed by atoms with E-state index in [9.17, 15) is 27.6 Å². The lowest BCUT2D eigenvalue weighted by Crippen LogP contribution is -2.18. The number of hydrogen-bond donors (Lipinski definition) is 3. The molecule has 1 amide bonds. The third-order valence-corrected chi connectivity index (χ3v) is 8.29. The van der Waals surface area contributed by atoms with Gasteiger partial charge in [0, 0.05) is 26.5 Å². The molecule has 1 atom stereocenters. The summed E-state index contributed by atoms with van der Waals surface area (Å²) in [7, 11) is 0.953. The molecule has 2 heterocycles. The molecule has 2 aliphatic rings. The van der Waals surface area contributed by atoms with Gasteiger partial charge in [0.05, 0.1) is 36.8 Å². The summed E-state index contributed by atoms with van der Waals surface area (Å²) in [5, 5.41) is 15.6. The quantitative estimate of drug-likeness (QED) is 0.240. The Bertz CT molecular complexity index is 1550. The highest BCUT2D eigenvalue weighted by Crippen LogP contribution is 2.42. The van der Waals surface area contributed by atoms with Crippen molar-refractivity contribution in [1.29, 1.82) is 0 Å². The third kappa shape index (κ3) is 6.79. The second-order valence-corrected chi connectivity index (χ2v) is 12.0. The maximum Gasteiger partial charge on any atom is 0.421 e. The molecule has 1 aliphatic carbocycles. The zero-order valence-corrected chi connectivity index (χ0v) is 24.9. The number of aliphatic hydroxyl groups excluding tert-OH is 1. The van der Waals surface area contributed by atoms with Gasteiger partial charge in [0.1, 0.15) is 17.1 Å². The Morgan fingerprint density at radius 3 is 2.51 bits per heavy atom. The highest BCUT2D eigenvalue weighted by Gasteiger charge is 2.37. The number of fused-ring (bicyclic) bond motifs is 1. The summed E-state index contributed by atoms with van der Waals surface area (Å²) < 4.78 is 64.1. The van der Waals surface area contributed by atoms with Crippen LogP contribution in [0.3, 0.4) is 0 Å². The first kappa shape index (κ1) is 30.8. The van der Waals surface area contributed by atoms with Crippen LogP contribution in [0.5, 0.6) is 5.75 Å². The van der Waals surface area contributed by atoms with Gasteiger partial charge in [-0.1, -0.05) is 12.1 Å². The highest BCUT2D eigenvalue weighted by atomic mass is 31.1. The van der Waals surface area contributed by atoms with E-state index in [2.05, 4.69) is 20.6 Å². The summed E-state index contributed by atoms with van der Waals surface area (Å²) in [5.74, 6) is -0.427. The molecular formula is C29H33F3N5O5P. The summed E-state index contributed by atoms with van der Waals surface area (Å²) >= 11 is 0. The number of benzene rings is 2. The van der Waals surface area contributed by atoms with Gasteiger partial charge in [0.25, 0.3) is 5.91 Å². The fourth-order valence-corrected chi connectivity index (χ4v) is 5.93. The number of anilines is 4. The number of nitrogens with one attached hydrogen (secondary N) is 2. The lowest BCUT2D eigenvalue weighted by molar-refractivity contribution is -0.137. The Morgan fingerprint density at radius 2 is 1.84 bits per heavy atom. The molecule has 10 nitrogen and oxygen atoms in total. The molecule has 14 heteroatoms. The second-order valence-electron chi connectivity index (χ2n) is 10.7. The van der Waals surface area contributed by atoms with Crippen LogP contribution in [0.2, 0.25) is 0 Å². The topological polar surface area (TPSA) is 126 Å². The second kappa shape index (κ2) is 12.5. The molecule has 5 rings (SSSR count). The van der Waals surface area contributed by atoms with E-state index in [1.807, 2.05) is 6.07 Å². The number of hydrogen-bond acceptors (Lipinski definition) is 9. The van der Waals surface area contributed by atoms with E-state index in [4.69, 9.17) is 9.26 Å². The Kier molecular flexibility index (Phi) is 8.96. The monoisotopic (exact) mass is 619 g/mol. The predicted molar refractivity (Wildman–Crippen MR) is 156 cm³/mol. The fraction of sp³-hybridized carbons (Fsp3) is 0.414. The Morgan fingerprint density at radius 1 is 1.12 bits per heavy atom. The van der Waals surface area contributed by atoms with Crippen molar-refractivity contribution in [3.63, 3.8) is 0 Å². The lowest BCUT2D eigenvalue weighted by atomic mass is 9.80. The standard InChI is InChI=1S/C29H33F3N5O5P/c1-37-14-20-19(17-5-7-18(38)8-6-17)9-11-23(25(20)27(37)39)34-26-21(29(30,31)32)13-33-28(36-26)35-22-10-4-16(12-24(22)41-2)15-42-43(3)40/h4,9-13,17-18,38,43H,5-8,14-15H2,1-3H3,(H2,33,34,35,36). The number of carbonyl (C=O) groups is 1. The molecular weight excluding hydrogens is 586 g/mol. The minimum absolute atomic E-state index is 0.107. The molecule has 3 aromatic rings. The molecule has 0 radical (unpaired) electrons. The van der Waals surface area contributed by atoms with Crippen LogP contribution < -0.4 is 15.4 Å². The van der Waals surface area contributed by atoms with Crippen LogP contribution >= 0.6 is 8.03 Å². The molecule has 1 aliphatic heterocycles. The van der Waals surface area contributed by atoms with Crippen molar-refractivity contribution in [3.8, 4) is 5.75 Å². The first-order valence-corrected chi connectivity index (χ1v) is 15.6. The first-order chi connectivity index (χ1) is 20.4. The van der Waals surface area contributed by atoms with E-state index in [0.717, 1.165) is 24.0 Å². The maximum atomic E-state index is 14.1. The molecule has 1 fully saturated rings. The average Bonchev–Trinajstić information content (AvgIpc) is 3.26. The van der Waals surface area contributed by atoms with Crippen LogP contribution in [0, 0.1) is 0 Å². The molecule has 1 aromatic heterocycles. The van der Waals surface area contributed by atoms with Crippen LogP contribution in [-0.2, 0) is 28.4 Å². The van der Waals surface area contributed by atoms with Crippen molar-refractivity contribution in [2.45, 2.75) is 57.0 Å². The molecule has 0 saturated heterocycles. The van der Waals surface area contributed by atoms with Gasteiger partial charge in [0.2, 0.25) is 5.95 Å². The summed E-state index contributed by atoms with van der Waals surface area (Å²) in [6.45, 7) is 1.93. The zero-order valence-electron chi connectivity index (χ0n) is 23.9. The largest absolute Gasteiger partial charge is 0.495 e. The van der Waals surface area contributed by atoms with Gasteiger partial charge in [-0.3, -0.25) is 9.36 Å². The number of aliphatic hydroxyl groups is 1. The SMILES string of the molecule is COc1cc(CO[PH](C)=O)ccc1Nc1ncc(C(F)(F)F)c(Nc2ccc(C3CCC(O)CC3)c3c2C(=O)N(C)C3)n1. The average molecular weight is 620 g/mol. The molecule has 1 unspecified atom stereocenters. The van der Waals surface area contributed by atoms with Crippen molar-refractivity contribution >= 4 is 37.1 Å². The van der Waals surface area contributed by atoms with E-state index in [1.165, 1.54) is 18.7 Å². The molecule has 2 aromatic carbocycles. The van der Waals surface area contributed by atoms with Gasteiger partial charge < -0.3 is 29.9 Å². The first-order valence-electron chi connectivity index (χ1n) is 13.8. The molecule has 3 N–H and O–H groups in total. The van der Waals surface area contributed by atoms with Crippen molar-refractivity contribution in [2.75, 3.05) is 31.5 Å². The van der Waals surface area contributed by atoms with Gasteiger partial charge in [-0.25, -0.2) is 4.98 Å². The van der Waals surface area contributed by atoms with Crippen LogP contribution in [0.15, 0.2) is 36.5 Å². The highest BCUT2D eigenvalue weighted by molar-refractivity contribution is 7.38. The number of nitrogens with zero attached hydrogens (tertiary/aromatic N) is 3. The number of carbonyl (C=O) groups excluding carboxylic acids is 1. The van der Waals surface area contributed by atoms with Gasteiger partial charge in [-0.15, -0.1) is 0 Å². The number of alkyl halides is 3. The van der Waals surface area contributed by atoms with Gasteiger partial charge in [-0.05, 0) is 66.5 Å². The summed E-state index contributed by atoms with van der Waals surface area (Å²) in [5.41, 5.74) is 2.29. The van der Waals surface area contributed by atoms with Gasteiger partial charge >= 0.3 is 6.18 Å². The van der Waals surface area contributed by atoms with Crippen molar-refractivity contribution < 1.29 is 36.9 Å². The smallest absolute Gasteiger partial charge is 0.421 e. The fourth-order valence-electron chi connectivity index (χ4n) is 5.56. The number of ether oxygens (including phenoxy) is 1. The number of aromatic nitrogens is 2. The van der Waals surface area contributed by atoms with Crippen molar-refractivity contribution in [2.24, 2.45) is 0 Å². The van der Waals surface area contributed by atoms with E-state index in [-0.39, 0.29) is 36.2 Å². The Labute approximate surface area is 247 Å². The number of amides is 1. The molecule has 0 bridgehead atoms. The summed E-state index contributed by atoms with van der Waals surface area (Å²) in [4.78, 5) is 22.8. The third-order valence-electron chi connectivity index (χ3n) is 7.74. The minimum Gasteiger partial charge on any atom is -0.495 e. The molecule has 230 valence electrons. The van der Waals surface area contributed by atoms with Crippen molar-refractivity contribution in [3.05, 3.63) is 64.3 Å².